The third kappa shape index (κ3) is 1.42. The Labute approximate surface area is 83.9 Å². The van der Waals surface area contributed by atoms with Gasteiger partial charge < -0.3 is 4.42 Å². The lowest BCUT2D eigenvalue weighted by Crippen LogP contribution is -1.99. The number of benzene rings is 1. The minimum Gasteiger partial charge on any atom is -0.423 e. The van der Waals surface area contributed by atoms with Crippen LogP contribution in [-0.2, 0) is 0 Å². The summed E-state index contributed by atoms with van der Waals surface area (Å²) in [7, 11) is 0. The normalized spacial score (nSPS) is 10.4. The highest BCUT2D eigenvalue weighted by atomic mass is 35.5. The molecule has 1 aromatic carbocycles. The van der Waals surface area contributed by atoms with Crippen LogP contribution in [0.4, 0.5) is 0 Å². The van der Waals surface area contributed by atoms with Crippen LogP contribution in [0.15, 0.2) is 33.5 Å². The first-order valence-corrected chi connectivity index (χ1v) is 4.27. The van der Waals surface area contributed by atoms with E-state index in [-0.39, 0.29) is 0 Å². The third-order valence-corrected chi connectivity index (χ3v) is 2.10. The number of rotatable bonds is 1. The summed E-state index contributed by atoms with van der Waals surface area (Å²) in [5.41, 5.74) is 0.0851. The minimum absolute atomic E-state index is 0.313. The van der Waals surface area contributed by atoms with Crippen LogP contribution >= 0.6 is 11.6 Å². The fourth-order valence-corrected chi connectivity index (χ4v) is 1.42. The lowest BCUT2D eigenvalue weighted by Gasteiger charge is -1.98. The van der Waals surface area contributed by atoms with Crippen molar-refractivity contribution in [3.8, 4) is 0 Å². The largest absolute Gasteiger partial charge is 0.423 e. The lowest BCUT2D eigenvalue weighted by molar-refractivity contribution is 0.112. The molecule has 0 fully saturated rings. The van der Waals surface area contributed by atoms with Gasteiger partial charge in [-0.15, -0.1) is 0 Å². The molecule has 2 aromatic rings. The van der Waals surface area contributed by atoms with Crippen molar-refractivity contribution in [2.45, 2.75) is 0 Å². The highest BCUT2D eigenvalue weighted by molar-refractivity contribution is 6.31. The molecule has 0 radical (unpaired) electrons. The Morgan fingerprint density at radius 1 is 1.29 bits per heavy atom. The van der Waals surface area contributed by atoms with E-state index in [1.54, 1.807) is 12.1 Å². The fourth-order valence-electron chi connectivity index (χ4n) is 1.26. The van der Waals surface area contributed by atoms with Crippen LogP contribution < -0.4 is 5.63 Å². The molecule has 0 aliphatic heterocycles. The van der Waals surface area contributed by atoms with Gasteiger partial charge in [0.2, 0.25) is 0 Å². The molecule has 0 saturated heterocycles. The minimum atomic E-state index is -0.554. The molecule has 0 aliphatic rings. The zero-order valence-corrected chi connectivity index (χ0v) is 7.75. The Morgan fingerprint density at radius 3 is 2.79 bits per heavy atom. The molecule has 0 unspecified atom stereocenters. The van der Waals surface area contributed by atoms with Crippen molar-refractivity contribution >= 4 is 28.9 Å². The van der Waals surface area contributed by atoms with Crippen molar-refractivity contribution in [1.29, 1.82) is 0 Å². The summed E-state index contributed by atoms with van der Waals surface area (Å²) >= 11 is 5.72. The van der Waals surface area contributed by atoms with Gasteiger partial charge in [0.05, 0.1) is 0 Å². The van der Waals surface area contributed by atoms with Gasteiger partial charge in [0.1, 0.15) is 5.58 Å². The molecule has 0 atom stereocenters. The number of carbonyl (C=O) groups excluding carboxylic acids is 1. The van der Waals surface area contributed by atoms with Crippen LogP contribution in [0, 0.1) is 0 Å². The maximum Gasteiger partial charge on any atom is 0.336 e. The van der Waals surface area contributed by atoms with Crippen LogP contribution in [0.25, 0.3) is 11.0 Å². The average Bonchev–Trinajstić information content (AvgIpc) is 2.15. The van der Waals surface area contributed by atoms with Crippen molar-refractivity contribution in [2.24, 2.45) is 0 Å². The molecule has 0 amide bonds. The highest BCUT2D eigenvalue weighted by Crippen LogP contribution is 2.19. The molecule has 0 aliphatic carbocycles. The Hall–Kier alpha value is -1.61. The number of hydrogen-bond acceptors (Lipinski definition) is 3. The van der Waals surface area contributed by atoms with E-state index in [0.29, 0.717) is 27.8 Å². The maximum absolute atomic E-state index is 11.0. The van der Waals surface area contributed by atoms with Crippen LogP contribution in [0.2, 0.25) is 5.02 Å². The van der Waals surface area contributed by atoms with Gasteiger partial charge in [-0.1, -0.05) is 11.6 Å². The molecule has 70 valence electrons. The first-order chi connectivity index (χ1) is 6.70. The Morgan fingerprint density at radius 2 is 2.07 bits per heavy atom. The summed E-state index contributed by atoms with van der Waals surface area (Å²) < 4.78 is 4.89. The van der Waals surface area contributed by atoms with Crippen molar-refractivity contribution < 1.29 is 9.21 Å². The lowest BCUT2D eigenvalue weighted by atomic mass is 10.1. The van der Waals surface area contributed by atoms with E-state index in [0.717, 1.165) is 6.07 Å². The van der Waals surface area contributed by atoms with Crippen LogP contribution in [-0.4, -0.2) is 6.29 Å². The van der Waals surface area contributed by atoms with E-state index < -0.39 is 5.63 Å². The highest BCUT2D eigenvalue weighted by Gasteiger charge is 2.04. The predicted molar refractivity (Wildman–Crippen MR) is 52.9 cm³/mol. The first-order valence-electron chi connectivity index (χ1n) is 3.89. The number of fused-ring (bicyclic) bond motifs is 1. The average molecular weight is 209 g/mol. The van der Waals surface area contributed by atoms with Gasteiger partial charge in [0.25, 0.3) is 0 Å². The summed E-state index contributed by atoms with van der Waals surface area (Å²) in [5.74, 6) is 0. The van der Waals surface area contributed by atoms with E-state index in [2.05, 4.69) is 0 Å². The van der Waals surface area contributed by atoms with Gasteiger partial charge in [-0.25, -0.2) is 4.79 Å². The smallest absolute Gasteiger partial charge is 0.336 e. The molecule has 0 bridgehead atoms. The monoisotopic (exact) mass is 208 g/mol. The fraction of sp³-hybridized carbons (Fsp3) is 0. The first kappa shape index (κ1) is 8.97. The second-order valence-electron chi connectivity index (χ2n) is 2.78. The summed E-state index contributed by atoms with van der Waals surface area (Å²) in [5, 5.41) is 1.05. The predicted octanol–water partition coefficient (Wildman–Crippen LogP) is 2.26. The van der Waals surface area contributed by atoms with Crippen molar-refractivity contribution in [1.82, 2.24) is 0 Å². The SMILES string of the molecule is O=Cc1cc(=O)oc2cc(Cl)ccc12. The summed E-state index contributed by atoms with van der Waals surface area (Å²) in [6.07, 6.45) is 0.618. The van der Waals surface area contributed by atoms with E-state index in [9.17, 15) is 9.59 Å². The van der Waals surface area contributed by atoms with Gasteiger partial charge in [0, 0.05) is 28.1 Å². The standard InChI is InChI=1S/C10H5ClO3/c11-7-1-2-8-6(5-12)3-10(13)14-9(8)4-7/h1-5H. The second kappa shape index (κ2) is 3.27. The van der Waals surface area contributed by atoms with E-state index >= 15 is 0 Å². The number of hydrogen-bond donors (Lipinski definition) is 0. The van der Waals surface area contributed by atoms with Gasteiger partial charge in [-0.05, 0) is 12.1 Å². The summed E-state index contributed by atoms with van der Waals surface area (Å²) in [6.45, 7) is 0. The molecule has 2 rings (SSSR count). The van der Waals surface area contributed by atoms with Gasteiger partial charge in [0.15, 0.2) is 6.29 Å². The molecule has 14 heavy (non-hydrogen) atoms. The van der Waals surface area contributed by atoms with Crippen molar-refractivity contribution in [3.05, 3.63) is 45.3 Å². The molecule has 0 saturated carbocycles. The van der Waals surface area contributed by atoms with Gasteiger partial charge >= 0.3 is 5.63 Å². The second-order valence-corrected chi connectivity index (χ2v) is 3.22. The van der Waals surface area contributed by atoms with Gasteiger partial charge in [-0.2, -0.15) is 0 Å². The number of aldehydes is 1. The zero-order valence-electron chi connectivity index (χ0n) is 6.99. The molecule has 0 N–H and O–H groups in total. The molecular weight excluding hydrogens is 204 g/mol. The van der Waals surface area contributed by atoms with Crippen molar-refractivity contribution in [2.75, 3.05) is 0 Å². The van der Waals surface area contributed by atoms with Crippen molar-refractivity contribution in [3.63, 3.8) is 0 Å². The van der Waals surface area contributed by atoms with E-state index in [1.807, 2.05) is 0 Å². The summed E-state index contributed by atoms with van der Waals surface area (Å²) in [6, 6.07) is 5.94. The maximum atomic E-state index is 11.0. The van der Waals surface area contributed by atoms with E-state index in [4.69, 9.17) is 16.0 Å². The van der Waals surface area contributed by atoms with Crippen LogP contribution in [0.3, 0.4) is 0 Å². The number of halogens is 1. The zero-order chi connectivity index (χ0) is 10.1. The Kier molecular flexibility index (Phi) is 2.09. The van der Waals surface area contributed by atoms with E-state index in [1.165, 1.54) is 6.07 Å². The van der Waals surface area contributed by atoms with Crippen LogP contribution in [0.1, 0.15) is 10.4 Å². The molecule has 4 heteroatoms. The molecular formula is C10H5ClO3. The Balaban J connectivity index is 2.94. The quantitative estimate of drug-likeness (QED) is 0.534. The molecule has 0 spiro atoms. The molecule has 3 nitrogen and oxygen atoms in total. The van der Waals surface area contributed by atoms with Gasteiger partial charge in [-0.3, -0.25) is 4.79 Å². The van der Waals surface area contributed by atoms with Crippen LogP contribution in [0.5, 0.6) is 0 Å². The number of carbonyl (C=O) groups is 1. The third-order valence-electron chi connectivity index (χ3n) is 1.87. The molecule has 1 heterocycles. The summed E-state index contributed by atoms with van der Waals surface area (Å²) in [4.78, 5) is 21.6. The Bertz CT molecular complexity index is 557. The molecule has 1 aromatic heterocycles. The topological polar surface area (TPSA) is 47.3 Å².